The van der Waals surface area contributed by atoms with E-state index >= 15 is 0 Å². The third-order valence-corrected chi connectivity index (χ3v) is 12.3. The van der Waals surface area contributed by atoms with Gasteiger partial charge in [0.15, 0.2) is 0 Å². The van der Waals surface area contributed by atoms with E-state index in [1.807, 2.05) is 40.0 Å². The summed E-state index contributed by atoms with van der Waals surface area (Å²) in [6.45, 7) is 17.2. The Kier molecular flexibility index (Phi) is 10.8. The van der Waals surface area contributed by atoms with Crippen LogP contribution in [0.3, 0.4) is 0 Å². The van der Waals surface area contributed by atoms with Crippen LogP contribution in [0.15, 0.2) is 72.8 Å². The number of carbonyl (C=O) groups excluding carboxylic acids is 1. The molecule has 0 aliphatic carbocycles. The molecule has 0 saturated carbocycles. The smallest absolute Gasteiger partial charge is 0.410 e. The second kappa shape index (κ2) is 13.5. The predicted molar refractivity (Wildman–Crippen MR) is 177 cm³/mol. The highest BCUT2D eigenvalue weighted by atomic mass is 35.5. The number of anilines is 2. The zero-order valence-corrected chi connectivity index (χ0v) is 28.3. The van der Waals surface area contributed by atoms with Crippen molar-refractivity contribution in [3.05, 3.63) is 88.9 Å². The maximum Gasteiger partial charge on any atom is 0.410 e. The number of halogens is 1. The van der Waals surface area contributed by atoms with Gasteiger partial charge in [-0.25, -0.2) is 4.79 Å². The molecule has 0 aliphatic heterocycles. The van der Waals surface area contributed by atoms with Crippen molar-refractivity contribution in [2.45, 2.75) is 77.8 Å². The van der Waals surface area contributed by atoms with Gasteiger partial charge in [-0.15, -0.1) is 0 Å². The number of aliphatic hydroxyl groups excluding tert-OH is 1. The number of nitrogens with zero attached hydrogens (tertiary/aromatic N) is 2. The number of amides is 1. The van der Waals surface area contributed by atoms with Crippen molar-refractivity contribution in [2.75, 3.05) is 25.0 Å². The fourth-order valence-electron chi connectivity index (χ4n) is 4.10. The Morgan fingerprint density at radius 2 is 1.50 bits per heavy atom. The number of ether oxygens (including phenoxy) is 1. The number of carbonyl (C=O) groups is 1. The van der Waals surface area contributed by atoms with Crippen LogP contribution in [0.25, 0.3) is 0 Å². The van der Waals surface area contributed by atoms with Crippen molar-refractivity contribution in [3.8, 4) is 5.75 Å². The lowest BCUT2D eigenvalue weighted by molar-refractivity contribution is 0.0147. The van der Waals surface area contributed by atoms with Crippen molar-refractivity contribution in [1.82, 2.24) is 4.90 Å². The molecule has 0 heterocycles. The van der Waals surface area contributed by atoms with E-state index in [0.717, 1.165) is 22.7 Å². The van der Waals surface area contributed by atoms with Crippen molar-refractivity contribution in [1.29, 1.82) is 0 Å². The summed E-state index contributed by atoms with van der Waals surface area (Å²) in [5, 5.41) is 11.5. The van der Waals surface area contributed by atoms with Gasteiger partial charge in [0.25, 0.3) is 0 Å². The lowest BCUT2D eigenvalue weighted by Gasteiger charge is -2.36. The quantitative estimate of drug-likeness (QED) is 0.232. The van der Waals surface area contributed by atoms with Crippen LogP contribution in [0.2, 0.25) is 23.2 Å². The highest BCUT2D eigenvalue weighted by molar-refractivity contribution is 6.74. The van der Waals surface area contributed by atoms with Gasteiger partial charge in [-0.2, -0.15) is 0 Å². The maximum absolute atomic E-state index is 13.0. The molecule has 1 amide bonds. The highest BCUT2D eigenvalue weighted by Gasteiger charge is 2.39. The minimum Gasteiger partial charge on any atom is -0.544 e. The summed E-state index contributed by atoms with van der Waals surface area (Å²) >= 11 is 6.11. The first-order chi connectivity index (χ1) is 19.4. The van der Waals surface area contributed by atoms with Gasteiger partial charge in [0.1, 0.15) is 11.4 Å². The third-order valence-electron chi connectivity index (χ3n) is 7.68. The fraction of sp³-hybridized carbons (Fsp3) is 0.441. The Morgan fingerprint density at radius 1 is 0.929 bits per heavy atom. The van der Waals surface area contributed by atoms with Gasteiger partial charge in [-0.05, 0) is 105 Å². The Morgan fingerprint density at radius 3 is 2.02 bits per heavy atom. The van der Waals surface area contributed by atoms with Crippen LogP contribution < -0.4 is 9.33 Å². The van der Waals surface area contributed by atoms with Crippen molar-refractivity contribution in [3.63, 3.8) is 0 Å². The number of aliphatic hydroxyl groups is 1. The highest BCUT2D eigenvalue weighted by Crippen LogP contribution is 2.38. The first kappa shape index (κ1) is 33.5. The molecule has 0 aromatic heterocycles. The van der Waals surface area contributed by atoms with Crippen LogP contribution in [0.1, 0.15) is 58.8 Å². The Bertz CT molecular complexity index is 1320. The zero-order chi connectivity index (χ0) is 31.3. The summed E-state index contributed by atoms with van der Waals surface area (Å²) in [6.07, 6.45) is -0.725. The summed E-state index contributed by atoms with van der Waals surface area (Å²) in [5.41, 5.74) is 3.21. The Hall–Kier alpha value is -3.00. The summed E-state index contributed by atoms with van der Waals surface area (Å²) in [7, 11) is 0.152. The van der Waals surface area contributed by atoms with Crippen LogP contribution in [-0.2, 0) is 11.2 Å². The summed E-state index contributed by atoms with van der Waals surface area (Å²) in [4.78, 5) is 16.7. The lowest BCUT2D eigenvalue weighted by atomic mass is 10.1. The van der Waals surface area contributed by atoms with Gasteiger partial charge in [0.2, 0.25) is 8.32 Å². The number of rotatable bonds is 10. The second-order valence-electron chi connectivity index (χ2n) is 13.3. The Balaban J connectivity index is 1.66. The fourth-order valence-corrected chi connectivity index (χ4v) is 5.33. The monoisotopic (exact) mass is 610 g/mol. The van der Waals surface area contributed by atoms with E-state index in [4.69, 9.17) is 20.8 Å². The standard InChI is InChI=1S/C34H47ClN2O4Si/c1-33(2,3)40-32(39)37(24-31(38)26-11-10-12-27(35)23-26)22-21-25-13-15-28(16-14-25)36(7)29-17-19-30(20-18-29)41-42(8,9)34(4,5)6/h10-20,23,31,38H,21-22,24H2,1-9H3/t31-/m0/s1. The molecule has 3 aromatic carbocycles. The van der Waals surface area contributed by atoms with Gasteiger partial charge < -0.3 is 24.1 Å². The molecular weight excluding hydrogens is 564 g/mol. The molecule has 0 spiro atoms. The molecule has 3 aromatic rings. The van der Waals surface area contributed by atoms with Crippen molar-refractivity contribution < 1.29 is 19.1 Å². The van der Waals surface area contributed by atoms with E-state index < -0.39 is 26.1 Å². The summed E-state index contributed by atoms with van der Waals surface area (Å²) in [6, 6.07) is 23.6. The van der Waals surface area contributed by atoms with Crippen LogP contribution in [0, 0.1) is 0 Å². The molecule has 1 N–H and O–H groups in total. The minimum atomic E-state index is -1.89. The van der Waals surface area contributed by atoms with Gasteiger partial charge in [-0.1, -0.05) is 56.6 Å². The van der Waals surface area contributed by atoms with Gasteiger partial charge in [0, 0.05) is 30.0 Å². The van der Waals surface area contributed by atoms with E-state index in [0.29, 0.717) is 23.6 Å². The van der Waals surface area contributed by atoms with Crippen LogP contribution in [0.5, 0.6) is 5.75 Å². The molecule has 0 radical (unpaired) electrons. The molecule has 42 heavy (non-hydrogen) atoms. The molecule has 228 valence electrons. The molecule has 3 rings (SSSR count). The molecule has 0 bridgehead atoms. The normalized spacial score (nSPS) is 12.9. The molecule has 6 nitrogen and oxygen atoms in total. The number of benzene rings is 3. The average molecular weight is 611 g/mol. The van der Waals surface area contributed by atoms with E-state index in [2.05, 4.69) is 75.2 Å². The molecule has 0 fully saturated rings. The van der Waals surface area contributed by atoms with Crippen molar-refractivity contribution in [2.24, 2.45) is 0 Å². The van der Waals surface area contributed by atoms with E-state index in [-0.39, 0.29) is 11.6 Å². The largest absolute Gasteiger partial charge is 0.544 e. The molecule has 0 aliphatic rings. The maximum atomic E-state index is 13.0. The topological polar surface area (TPSA) is 62.2 Å². The van der Waals surface area contributed by atoms with Crippen molar-refractivity contribution >= 4 is 37.4 Å². The zero-order valence-electron chi connectivity index (χ0n) is 26.6. The van der Waals surface area contributed by atoms with Crippen LogP contribution >= 0.6 is 11.6 Å². The summed E-state index contributed by atoms with van der Waals surface area (Å²) in [5.74, 6) is 0.907. The second-order valence-corrected chi connectivity index (χ2v) is 18.5. The van der Waals surface area contributed by atoms with E-state index in [9.17, 15) is 9.90 Å². The first-order valence-electron chi connectivity index (χ1n) is 14.5. The lowest BCUT2D eigenvalue weighted by Crippen LogP contribution is -2.43. The molecule has 1 atom stereocenters. The molecular formula is C34H47ClN2O4Si. The van der Waals surface area contributed by atoms with E-state index in [1.54, 1.807) is 29.2 Å². The average Bonchev–Trinajstić information content (AvgIpc) is 2.89. The van der Waals surface area contributed by atoms with Crippen LogP contribution in [-0.4, -0.2) is 50.2 Å². The number of hydrogen-bond donors (Lipinski definition) is 1. The van der Waals surface area contributed by atoms with E-state index in [1.165, 1.54) is 0 Å². The first-order valence-corrected chi connectivity index (χ1v) is 17.8. The summed E-state index contributed by atoms with van der Waals surface area (Å²) < 4.78 is 12.1. The third kappa shape index (κ3) is 9.51. The molecule has 0 unspecified atom stereocenters. The van der Waals surface area contributed by atoms with Crippen LogP contribution in [0.4, 0.5) is 16.2 Å². The SMILES string of the molecule is CN(c1ccc(CCN(C[C@H](O)c2cccc(Cl)c2)C(=O)OC(C)(C)C)cc1)c1ccc(O[Si](C)(C)C(C)(C)C)cc1. The molecule has 8 heteroatoms. The molecule has 0 saturated heterocycles. The van der Waals surface area contributed by atoms with Gasteiger partial charge >= 0.3 is 6.09 Å². The van der Waals surface area contributed by atoms with Gasteiger partial charge in [-0.3, -0.25) is 0 Å². The predicted octanol–water partition coefficient (Wildman–Crippen LogP) is 9.01. The Labute approximate surface area is 258 Å². The number of hydrogen-bond acceptors (Lipinski definition) is 5. The van der Waals surface area contributed by atoms with Gasteiger partial charge in [0.05, 0.1) is 12.6 Å². The minimum absolute atomic E-state index is 0.102.